The van der Waals surface area contributed by atoms with Crippen molar-refractivity contribution in [2.75, 3.05) is 55.6 Å². The van der Waals surface area contributed by atoms with Crippen LogP contribution in [-0.2, 0) is 10.0 Å². The Bertz CT molecular complexity index is 1710. The Morgan fingerprint density at radius 2 is 1.88 bits per heavy atom. The van der Waals surface area contributed by atoms with Gasteiger partial charge in [0.05, 0.1) is 45.1 Å². The van der Waals surface area contributed by atoms with Crippen molar-refractivity contribution in [2.45, 2.75) is 0 Å². The molecule has 1 aromatic carbocycles. The first-order chi connectivity index (χ1) is 19.2. The molecule has 1 saturated heterocycles. The van der Waals surface area contributed by atoms with Crippen molar-refractivity contribution < 1.29 is 12.8 Å². The molecule has 206 valence electrons. The van der Waals surface area contributed by atoms with Crippen molar-refractivity contribution in [2.24, 2.45) is 0 Å². The average molecular weight is 581 g/mol. The monoisotopic (exact) mass is 580 g/mol. The quantitative estimate of drug-likeness (QED) is 0.317. The van der Waals surface area contributed by atoms with Crippen LogP contribution in [0, 0.1) is 17.1 Å². The van der Waals surface area contributed by atoms with E-state index < -0.39 is 15.8 Å². The number of hydrogen-bond acceptors (Lipinski definition) is 9. The van der Waals surface area contributed by atoms with Gasteiger partial charge in [0.25, 0.3) is 0 Å². The number of nitrogens with one attached hydrogen (secondary N) is 2. The minimum atomic E-state index is -3.60. The van der Waals surface area contributed by atoms with Gasteiger partial charge in [0, 0.05) is 56.4 Å². The lowest BCUT2D eigenvalue weighted by Gasteiger charge is -2.32. The number of benzene rings is 1. The number of piperazine rings is 1. The highest BCUT2D eigenvalue weighted by molar-refractivity contribution is 7.92. The Morgan fingerprint density at radius 3 is 2.62 bits per heavy atom. The van der Waals surface area contributed by atoms with Gasteiger partial charge in [0.2, 0.25) is 10.0 Å². The largest absolute Gasteiger partial charge is 0.353 e. The minimum absolute atomic E-state index is 0.0276. The number of sulfonamides is 1. The highest BCUT2D eigenvalue weighted by Gasteiger charge is 2.18. The van der Waals surface area contributed by atoms with Crippen LogP contribution >= 0.6 is 11.6 Å². The van der Waals surface area contributed by atoms with Crippen LogP contribution in [0.5, 0.6) is 0 Å². The molecular weight excluding hydrogens is 555 g/mol. The van der Waals surface area contributed by atoms with Crippen LogP contribution in [0.15, 0.2) is 55.0 Å². The summed E-state index contributed by atoms with van der Waals surface area (Å²) in [7, 11) is -1.54. The minimum Gasteiger partial charge on any atom is -0.353 e. The van der Waals surface area contributed by atoms with E-state index in [2.05, 4.69) is 42.9 Å². The van der Waals surface area contributed by atoms with Crippen LogP contribution < -0.4 is 10.0 Å². The third-order valence-corrected chi connectivity index (χ3v) is 8.16. The zero-order chi connectivity index (χ0) is 28.3. The van der Waals surface area contributed by atoms with Crippen molar-refractivity contribution in [3.05, 3.63) is 71.4 Å². The molecule has 0 atom stereocenters. The molecule has 0 radical (unpaired) electrons. The fourth-order valence-corrected chi connectivity index (χ4v) is 5.60. The maximum Gasteiger partial charge on any atom is 0.234 e. The molecule has 5 rings (SSSR count). The summed E-state index contributed by atoms with van der Waals surface area (Å²) in [6.07, 6.45) is 4.44. The van der Waals surface area contributed by atoms with E-state index in [4.69, 9.17) is 16.6 Å². The molecule has 0 aliphatic carbocycles. The van der Waals surface area contributed by atoms with Gasteiger partial charge < -0.3 is 10.2 Å². The highest BCUT2D eigenvalue weighted by atomic mass is 35.5. The number of likely N-dealkylation sites (N-methyl/N-ethyl adjacent to an activating group) is 1. The van der Waals surface area contributed by atoms with Gasteiger partial charge in [-0.15, -0.1) is 0 Å². The van der Waals surface area contributed by atoms with Crippen molar-refractivity contribution in [1.29, 1.82) is 5.26 Å². The molecule has 0 spiro atoms. The predicted octanol–water partition coefficient (Wildman–Crippen LogP) is 4.09. The Balaban J connectivity index is 1.40. The van der Waals surface area contributed by atoms with E-state index in [0.29, 0.717) is 45.9 Å². The molecule has 3 aromatic heterocycles. The molecule has 0 saturated carbocycles. The maximum absolute atomic E-state index is 13.7. The second kappa shape index (κ2) is 11.7. The van der Waals surface area contributed by atoms with E-state index in [1.807, 2.05) is 0 Å². The Morgan fingerprint density at radius 1 is 1.07 bits per heavy atom. The first-order valence-electron chi connectivity index (χ1n) is 12.5. The summed E-state index contributed by atoms with van der Waals surface area (Å²) in [4.78, 5) is 17.6. The lowest BCUT2D eigenvalue weighted by Crippen LogP contribution is -2.46. The number of halogens is 2. The van der Waals surface area contributed by atoms with Crippen LogP contribution in [0.4, 0.5) is 21.5 Å². The fraction of sp³-hybridized carbons (Fsp3) is 0.259. The molecule has 0 unspecified atom stereocenters. The topological polar surface area (TPSA) is 127 Å². The number of hydrogen-bond donors (Lipinski definition) is 2. The summed E-state index contributed by atoms with van der Waals surface area (Å²) in [5, 5.41) is 12.7. The van der Waals surface area contributed by atoms with Gasteiger partial charge in [-0.2, -0.15) is 5.26 Å². The third kappa shape index (κ3) is 6.46. The molecule has 4 heterocycles. The van der Waals surface area contributed by atoms with Gasteiger partial charge in [-0.3, -0.25) is 19.6 Å². The number of fused-ring (bicyclic) bond motifs is 1. The van der Waals surface area contributed by atoms with Crippen LogP contribution in [0.25, 0.3) is 22.3 Å². The zero-order valence-corrected chi connectivity index (χ0v) is 23.2. The molecule has 4 aromatic rings. The number of pyridine rings is 3. The molecule has 13 heteroatoms. The molecule has 1 fully saturated rings. The first-order valence-corrected chi connectivity index (χ1v) is 14.5. The Kier molecular flexibility index (Phi) is 8.09. The van der Waals surface area contributed by atoms with Crippen molar-refractivity contribution in [3.8, 4) is 17.3 Å². The predicted molar refractivity (Wildman–Crippen MR) is 154 cm³/mol. The molecule has 1 aliphatic rings. The second-order valence-corrected chi connectivity index (χ2v) is 11.8. The van der Waals surface area contributed by atoms with Crippen LogP contribution in [0.1, 0.15) is 5.56 Å². The van der Waals surface area contributed by atoms with Gasteiger partial charge in [-0.05, 0) is 43.4 Å². The summed E-state index contributed by atoms with van der Waals surface area (Å²) < 4.78 is 41.9. The molecule has 10 nitrogen and oxygen atoms in total. The lowest BCUT2D eigenvalue weighted by molar-refractivity contribution is 0.161. The van der Waals surface area contributed by atoms with E-state index >= 15 is 0 Å². The fourth-order valence-electron chi connectivity index (χ4n) is 4.34. The van der Waals surface area contributed by atoms with Gasteiger partial charge >= 0.3 is 0 Å². The Hall–Kier alpha value is -3.89. The molecule has 0 bridgehead atoms. The second-order valence-electron chi connectivity index (χ2n) is 9.50. The molecular formula is C27H26ClFN8O2S. The number of aromatic nitrogens is 3. The highest BCUT2D eigenvalue weighted by Crippen LogP contribution is 2.31. The van der Waals surface area contributed by atoms with E-state index in [0.717, 1.165) is 26.2 Å². The summed E-state index contributed by atoms with van der Waals surface area (Å²) in [6, 6.07) is 11.4. The zero-order valence-electron chi connectivity index (χ0n) is 21.6. The van der Waals surface area contributed by atoms with E-state index in [1.54, 1.807) is 24.4 Å². The van der Waals surface area contributed by atoms with Gasteiger partial charge in [0.1, 0.15) is 17.4 Å². The molecule has 2 N–H and O–H groups in total. The summed E-state index contributed by atoms with van der Waals surface area (Å²) in [5.74, 6) is -0.588. The number of rotatable bonds is 8. The summed E-state index contributed by atoms with van der Waals surface area (Å²) in [6.45, 7) is 3.96. The van der Waals surface area contributed by atoms with Crippen LogP contribution in [0.2, 0.25) is 5.02 Å². The third-order valence-electron chi connectivity index (χ3n) is 6.60. The van der Waals surface area contributed by atoms with Crippen molar-refractivity contribution in [3.63, 3.8) is 0 Å². The lowest BCUT2D eigenvalue weighted by atomic mass is 10.1. The Labute approximate surface area is 236 Å². The first kappa shape index (κ1) is 27.7. The summed E-state index contributed by atoms with van der Waals surface area (Å²) in [5.41, 5.74) is 3.39. The normalized spacial score (nSPS) is 14.7. The van der Waals surface area contributed by atoms with E-state index in [9.17, 15) is 18.1 Å². The van der Waals surface area contributed by atoms with Crippen LogP contribution in [-0.4, -0.2) is 78.7 Å². The molecule has 0 amide bonds. The number of anilines is 3. The smallest absolute Gasteiger partial charge is 0.234 e. The van der Waals surface area contributed by atoms with Gasteiger partial charge in [-0.1, -0.05) is 11.6 Å². The SMILES string of the molecule is CN1CCN(CCS(=O)(=O)Nc2cncc(-c3ccc4ncc(C#N)c(Nc5ccc(F)c(Cl)c5)c4n3)c2)CC1. The van der Waals surface area contributed by atoms with Crippen LogP contribution in [0.3, 0.4) is 0 Å². The van der Waals surface area contributed by atoms with Gasteiger partial charge in [-0.25, -0.2) is 17.8 Å². The number of nitrogens with zero attached hydrogens (tertiary/aromatic N) is 6. The van der Waals surface area contributed by atoms with E-state index in [-0.39, 0.29) is 16.3 Å². The van der Waals surface area contributed by atoms with Gasteiger partial charge in [0.15, 0.2) is 0 Å². The average Bonchev–Trinajstić information content (AvgIpc) is 2.94. The van der Waals surface area contributed by atoms with Crippen molar-refractivity contribution in [1.82, 2.24) is 24.8 Å². The maximum atomic E-state index is 13.7. The van der Waals surface area contributed by atoms with E-state index in [1.165, 1.54) is 30.6 Å². The number of nitriles is 1. The molecule has 40 heavy (non-hydrogen) atoms. The molecule has 1 aliphatic heterocycles. The van der Waals surface area contributed by atoms with Crippen molar-refractivity contribution >= 4 is 49.7 Å². The standard InChI is InChI=1S/C27H26ClFN8O2S/c1-36-6-8-37(9-7-36)10-11-40(38,39)35-21-12-18(15-31-17-21)24-4-5-25-27(34-24)26(19(14-30)16-32-25)33-20-2-3-23(29)22(28)13-20/h2-5,12-13,15-17,35H,6-11H2,1H3,(H,32,33). The summed E-state index contributed by atoms with van der Waals surface area (Å²) >= 11 is 5.93.